The average molecular weight is 383 g/mol. The van der Waals surface area contributed by atoms with E-state index in [0.717, 1.165) is 0 Å². The van der Waals surface area contributed by atoms with Crippen molar-refractivity contribution >= 4 is 21.7 Å². The lowest BCUT2D eigenvalue weighted by Crippen LogP contribution is -2.27. The van der Waals surface area contributed by atoms with Crippen molar-refractivity contribution in [2.75, 3.05) is 5.32 Å². The first kappa shape index (κ1) is 17.4. The number of aromatic amines is 1. The normalized spacial score (nSPS) is 14.1. The van der Waals surface area contributed by atoms with Crippen LogP contribution < -0.4 is 5.32 Å². The largest absolute Gasteiger partial charge is 0.303 e. The van der Waals surface area contributed by atoms with E-state index in [-0.39, 0.29) is 23.7 Å². The number of aryl methyl sites for hydroxylation is 1. The molecule has 0 unspecified atom stereocenters. The Morgan fingerprint density at radius 3 is 2.67 bits per heavy atom. The van der Waals surface area contributed by atoms with Crippen LogP contribution in [0.2, 0.25) is 0 Å². The van der Waals surface area contributed by atoms with E-state index in [0.29, 0.717) is 22.6 Å². The van der Waals surface area contributed by atoms with Crippen LogP contribution in [0.1, 0.15) is 27.3 Å². The van der Waals surface area contributed by atoms with Gasteiger partial charge in [0.2, 0.25) is 10.0 Å². The van der Waals surface area contributed by atoms with Gasteiger partial charge < -0.3 is 5.32 Å². The van der Waals surface area contributed by atoms with Crippen molar-refractivity contribution < 1.29 is 13.2 Å². The Bertz CT molecular complexity index is 1110. The summed E-state index contributed by atoms with van der Waals surface area (Å²) in [6.45, 7) is 2.08. The number of carbonyl (C=O) groups is 1. The van der Waals surface area contributed by atoms with Crippen LogP contribution in [-0.4, -0.2) is 33.8 Å². The maximum atomic E-state index is 13.0. The number of hydrogen-bond acceptors (Lipinski definition) is 5. The molecule has 3 heterocycles. The Morgan fingerprint density at radius 2 is 1.93 bits per heavy atom. The SMILES string of the molecule is Cc1ccccc1S(=O)(=O)N1Cc2[nH]nc(NC(=O)c3ccccn3)c2C1. The number of carbonyl (C=O) groups excluding carboxylic acids is 1. The lowest BCUT2D eigenvalue weighted by Gasteiger charge is -2.17. The molecule has 0 saturated carbocycles. The molecule has 0 radical (unpaired) electrons. The lowest BCUT2D eigenvalue weighted by molar-refractivity contribution is 0.102. The van der Waals surface area contributed by atoms with Gasteiger partial charge in [-0.05, 0) is 30.7 Å². The Hall–Kier alpha value is -3.04. The van der Waals surface area contributed by atoms with Crippen LogP contribution in [0.3, 0.4) is 0 Å². The molecular weight excluding hydrogens is 366 g/mol. The van der Waals surface area contributed by atoms with Crippen LogP contribution in [0.25, 0.3) is 0 Å². The summed E-state index contributed by atoms with van der Waals surface area (Å²) in [6.07, 6.45) is 1.53. The van der Waals surface area contributed by atoms with Gasteiger partial charge in [0.1, 0.15) is 5.69 Å². The quantitative estimate of drug-likeness (QED) is 0.717. The highest BCUT2D eigenvalue weighted by atomic mass is 32.2. The monoisotopic (exact) mass is 383 g/mol. The lowest BCUT2D eigenvalue weighted by atomic mass is 10.2. The predicted octanol–water partition coefficient (Wildman–Crippen LogP) is 2.07. The Balaban J connectivity index is 1.57. The number of rotatable bonds is 4. The number of pyridine rings is 1. The minimum absolute atomic E-state index is 0.139. The molecule has 1 amide bonds. The second-order valence-corrected chi connectivity index (χ2v) is 8.14. The number of amides is 1. The smallest absolute Gasteiger partial charge is 0.275 e. The van der Waals surface area contributed by atoms with Gasteiger partial charge in [0.05, 0.1) is 17.1 Å². The van der Waals surface area contributed by atoms with E-state index >= 15 is 0 Å². The third-order valence-corrected chi connectivity index (χ3v) is 6.41. The molecule has 2 N–H and O–H groups in total. The Labute approximate surface area is 156 Å². The molecule has 4 rings (SSSR count). The number of nitrogens with zero attached hydrogens (tertiary/aromatic N) is 3. The molecular formula is C18H17N5O3S. The molecule has 8 nitrogen and oxygen atoms in total. The number of aromatic nitrogens is 3. The molecule has 1 aliphatic heterocycles. The Kier molecular flexibility index (Phi) is 4.25. The van der Waals surface area contributed by atoms with Crippen molar-refractivity contribution in [1.29, 1.82) is 0 Å². The highest BCUT2D eigenvalue weighted by Crippen LogP contribution is 2.32. The fourth-order valence-electron chi connectivity index (χ4n) is 3.04. The van der Waals surface area contributed by atoms with Gasteiger partial charge in [-0.15, -0.1) is 0 Å². The molecule has 1 aromatic carbocycles. The average Bonchev–Trinajstić information content (AvgIpc) is 3.25. The molecule has 0 atom stereocenters. The molecule has 0 saturated heterocycles. The zero-order chi connectivity index (χ0) is 19.0. The van der Waals surface area contributed by atoms with Crippen LogP contribution in [0.5, 0.6) is 0 Å². The molecule has 138 valence electrons. The first-order valence-corrected chi connectivity index (χ1v) is 9.75. The van der Waals surface area contributed by atoms with Crippen LogP contribution in [0.15, 0.2) is 53.6 Å². The molecule has 3 aromatic rings. The Morgan fingerprint density at radius 1 is 1.15 bits per heavy atom. The summed E-state index contributed by atoms with van der Waals surface area (Å²) >= 11 is 0. The van der Waals surface area contributed by atoms with E-state index in [2.05, 4.69) is 20.5 Å². The third kappa shape index (κ3) is 3.11. The summed E-state index contributed by atoms with van der Waals surface area (Å²) in [4.78, 5) is 16.6. The molecule has 2 aromatic heterocycles. The van der Waals surface area contributed by atoms with Crippen LogP contribution in [0.4, 0.5) is 5.82 Å². The van der Waals surface area contributed by atoms with E-state index in [1.807, 2.05) is 0 Å². The van der Waals surface area contributed by atoms with Gasteiger partial charge in [0.15, 0.2) is 5.82 Å². The molecule has 27 heavy (non-hydrogen) atoms. The van der Waals surface area contributed by atoms with Crippen molar-refractivity contribution in [2.45, 2.75) is 24.9 Å². The van der Waals surface area contributed by atoms with Gasteiger partial charge in [0, 0.05) is 18.3 Å². The van der Waals surface area contributed by atoms with Crippen molar-refractivity contribution in [3.8, 4) is 0 Å². The third-order valence-electron chi connectivity index (χ3n) is 4.46. The van der Waals surface area contributed by atoms with Crippen molar-refractivity contribution in [3.63, 3.8) is 0 Å². The first-order valence-electron chi connectivity index (χ1n) is 8.31. The molecule has 0 bridgehead atoms. The number of fused-ring (bicyclic) bond motifs is 1. The highest BCUT2D eigenvalue weighted by Gasteiger charge is 2.34. The fraction of sp³-hybridized carbons (Fsp3) is 0.167. The van der Waals surface area contributed by atoms with Crippen LogP contribution >= 0.6 is 0 Å². The molecule has 1 aliphatic rings. The van der Waals surface area contributed by atoms with Gasteiger partial charge >= 0.3 is 0 Å². The van der Waals surface area contributed by atoms with E-state index < -0.39 is 15.9 Å². The van der Waals surface area contributed by atoms with E-state index in [9.17, 15) is 13.2 Å². The second-order valence-electron chi connectivity index (χ2n) is 6.24. The summed E-state index contributed by atoms with van der Waals surface area (Å²) in [6, 6.07) is 11.9. The summed E-state index contributed by atoms with van der Waals surface area (Å²) in [5.74, 6) is -0.0757. The fourth-order valence-corrected chi connectivity index (χ4v) is 4.64. The molecule has 0 spiro atoms. The van der Waals surface area contributed by atoms with E-state index in [4.69, 9.17) is 0 Å². The summed E-state index contributed by atoms with van der Waals surface area (Å²) < 4.78 is 27.3. The standard InChI is InChI=1S/C18H17N5O3S/c1-12-6-2-3-8-16(12)27(25,26)23-10-13-15(11-23)21-22-17(13)20-18(24)14-7-4-5-9-19-14/h2-9H,10-11H2,1H3,(H2,20,21,22,24). The van der Waals surface area contributed by atoms with Crippen molar-refractivity contribution in [3.05, 3.63) is 71.2 Å². The van der Waals surface area contributed by atoms with Gasteiger partial charge in [-0.25, -0.2) is 8.42 Å². The van der Waals surface area contributed by atoms with Gasteiger partial charge in [0.25, 0.3) is 5.91 Å². The van der Waals surface area contributed by atoms with E-state index in [1.54, 1.807) is 49.4 Å². The molecule has 0 aliphatic carbocycles. The van der Waals surface area contributed by atoms with Crippen LogP contribution in [0, 0.1) is 6.92 Å². The van der Waals surface area contributed by atoms with Crippen molar-refractivity contribution in [2.24, 2.45) is 0 Å². The number of hydrogen-bond donors (Lipinski definition) is 2. The van der Waals surface area contributed by atoms with Crippen molar-refractivity contribution in [1.82, 2.24) is 19.5 Å². The highest BCUT2D eigenvalue weighted by molar-refractivity contribution is 7.89. The van der Waals surface area contributed by atoms with E-state index in [1.165, 1.54) is 10.5 Å². The summed E-state index contributed by atoms with van der Waals surface area (Å²) in [7, 11) is -3.64. The number of anilines is 1. The number of nitrogens with one attached hydrogen (secondary N) is 2. The molecule has 0 fully saturated rings. The maximum Gasteiger partial charge on any atom is 0.275 e. The number of H-pyrrole nitrogens is 1. The number of sulfonamides is 1. The topological polar surface area (TPSA) is 108 Å². The predicted molar refractivity (Wildman–Crippen MR) is 98.4 cm³/mol. The maximum absolute atomic E-state index is 13.0. The van der Waals surface area contributed by atoms with Gasteiger partial charge in [-0.1, -0.05) is 24.3 Å². The van der Waals surface area contributed by atoms with Crippen LogP contribution in [-0.2, 0) is 23.1 Å². The summed E-state index contributed by atoms with van der Waals surface area (Å²) in [5, 5.41) is 9.62. The second kappa shape index (κ2) is 6.60. The first-order chi connectivity index (χ1) is 13.0. The minimum Gasteiger partial charge on any atom is -0.303 e. The minimum atomic E-state index is -3.64. The van der Waals surface area contributed by atoms with Gasteiger partial charge in [-0.3, -0.25) is 14.9 Å². The zero-order valence-corrected chi connectivity index (χ0v) is 15.3. The number of benzene rings is 1. The summed E-state index contributed by atoms with van der Waals surface area (Å²) in [5.41, 5.74) is 2.28. The zero-order valence-electron chi connectivity index (χ0n) is 14.5. The van der Waals surface area contributed by atoms with Gasteiger partial charge in [-0.2, -0.15) is 9.40 Å². The molecule has 9 heteroatoms.